The van der Waals surface area contributed by atoms with Gasteiger partial charge in [0.2, 0.25) is 5.95 Å². The van der Waals surface area contributed by atoms with E-state index in [0.717, 1.165) is 22.3 Å². The monoisotopic (exact) mass is 313 g/mol. The molecule has 7 heteroatoms. The number of rotatable bonds is 7. The van der Waals surface area contributed by atoms with Crippen LogP contribution in [0.2, 0.25) is 0 Å². The largest absolute Gasteiger partial charge is 0.394 e. The Morgan fingerprint density at radius 2 is 2.17 bits per heavy atom. The van der Waals surface area contributed by atoms with Crippen molar-refractivity contribution in [3.8, 4) is 5.95 Å². The lowest BCUT2D eigenvalue weighted by molar-refractivity contribution is 0.0992. The maximum Gasteiger partial charge on any atom is 0.237 e. The van der Waals surface area contributed by atoms with Crippen LogP contribution in [0, 0.1) is 6.92 Å². The van der Waals surface area contributed by atoms with E-state index < -0.39 is 0 Å². The molecule has 0 bridgehead atoms. The Morgan fingerprint density at radius 3 is 2.96 bits per heavy atom. The Labute approximate surface area is 134 Å². The molecule has 0 saturated carbocycles. The zero-order valence-corrected chi connectivity index (χ0v) is 12.9. The van der Waals surface area contributed by atoms with Gasteiger partial charge in [-0.05, 0) is 19.1 Å². The minimum Gasteiger partial charge on any atom is -0.394 e. The number of fused-ring (bicyclic) bond motifs is 1. The first kappa shape index (κ1) is 15.4. The van der Waals surface area contributed by atoms with Gasteiger partial charge in [-0.3, -0.25) is 4.57 Å². The molecule has 0 aliphatic carbocycles. The molecule has 0 saturated heterocycles. The highest BCUT2D eigenvalue weighted by molar-refractivity contribution is 5.90. The summed E-state index contributed by atoms with van der Waals surface area (Å²) in [6.45, 7) is 3.51. The lowest BCUT2D eigenvalue weighted by Gasteiger charge is -2.11. The van der Waals surface area contributed by atoms with Crippen LogP contribution in [0.5, 0.6) is 0 Å². The van der Waals surface area contributed by atoms with Crippen LogP contribution in [-0.2, 0) is 4.74 Å². The summed E-state index contributed by atoms with van der Waals surface area (Å²) in [5.74, 6) is 1.33. The smallest absolute Gasteiger partial charge is 0.237 e. The molecule has 0 aliphatic rings. The molecule has 23 heavy (non-hydrogen) atoms. The van der Waals surface area contributed by atoms with Gasteiger partial charge in [-0.2, -0.15) is 4.98 Å². The first-order valence-electron chi connectivity index (χ1n) is 7.47. The predicted molar refractivity (Wildman–Crippen MR) is 87.8 cm³/mol. The van der Waals surface area contributed by atoms with Crippen molar-refractivity contribution in [3.05, 3.63) is 42.5 Å². The van der Waals surface area contributed by atoms with E-state index in [-0.39, 0.29) is 6.61 Å². The van der Waals surface area contributed by atoms with Gasteiger partial charge in [0.25, 0.3) is 0 Å². The van der Waals surface area contributed by atoms with Gasteiger partial charge in [0, 0.05) is 24.3 Å². The lowest BCUT2D eigenvalue weighted by atomic mass is 10.1. The zero-order chi connectivity index (χ0) is 16.1. The number of aromatic nitrogens is 4. The van der Waals surface area contributed by atoms with Crippen LogP contribution in [-0.4, -0.2) is 51.0 Å². The number of hydrogen-bond acceptors (Lipinski definition) is 6. The number of nitrogens with one attached hydrogen (secondary N) is 1. The van der Waals surface area contributed by atoms with Crippen molar-refractivity contribution in [2.24, 2.45) is 0 Å². The Hall–Kier alpha value is -2.51. The average Bonchev–Trinajstić information content (AvgIpc) is 3.09. The van der Waals surface area contributed by atoms with Crippen LogP contribution in [0.3, 0.4) is 0 Å². The highest BCUT2D eigenvalue weighted by Gasteiger charge is 2.09. The van der Waals surface area contributed by atoms with E-state index in [1.807, 2.05) is 25.3 Å². The number of nitrogens with zero attached hydrogens (tertiary/aromatic N) is 4. The van der Waals surface area contributed by atoms with Crippen molar-refractivity contribution in [2.75, 3.05) is 31.7 Å². The summed E-state index contributed by atoms with van der Waals surface area (Å²) < 4.78 is 7.04. The second kappa shape index (κ2) is 7.17. The molecule has 2 heterocycles. The second-order valence-corrected chi connectivity index (χ2v) is 5.13. The third-order valence-corrected chi connectivity index (χ3v) is 3.35. The number of aliphatic hydroxyl groups excluding tert-OH is 1. The van der Waals surface area contributed by atoms with Crippen molar-refractivity contribution in [2.45, 2.75) is 6.92 Å². The molecule has 0 amide bonds. The van der Waals surface area contributed by atoms with Crippen LogP contribution >= 0.6 is 0 Å². The molecule has 2 aromatic heterocycles. The summed E-state index contributed by atoms with van der Waals surface area (Å²) in [5, 5.41) is 13.0. The molecule has 0 radical (unpaired) electrons. The van der Waals surface area contributed by atoms with E-state index in [0.29, 0.717) is 25.7 Å². The zero-order valence-electron chi connectivity index (χ0n) is 12.9. The van der Waals surface area contributed by atoms with Crippen LogP contribution < -0.4 is 5.32 Å². The van der Waals surface area contributed by atoms with Crippen LogP contribution in [0.4, 0.5) is 5.82 Å². The Kier molecular flexibility index (Phi) is 4.80. The van der Waals surface area contributed by atoms with Crippen molar-refractivity contribution in [3.63, 3.8) is 0 Å². The molecular weight excluding hydrogens is 294 g/mol. The molecule has 0 fully saturated rings. The maximum absolute atomic E-state index is 8.72. The average molecular weight is 313 g/mol. The third-order valence-electron chi connectivity index (χ3n) is 3.35. The topological polar surface area (TPSA) is 85.1 Å². The van der Waals surface area contributed by atoms with Crippen LogP contribution in [0.15, 0.2) is 36.9 Å². The molecule has 7 nitrogen and oxygen atoms in total. The maximum atomic E-state index is 8.72. The van der Waals surface area contributed by atoms with Crippen molar-refractivity contribution in [1.82, 2.24) is 19.5 Å². The van der Waals surface area contributed by atoms with Crippen LogP contribution in [0.25, 0.3) is 16.9 Å². The molecule has 0 spiro atoms. The van der Waals surface area contributed by atoms with E-state index in [4.69, 9.17) is 9.84 Å². The summed E-state index contributed by atoms with van der Waals surface area (Å²) in [6, 6.07) is 6.07. The number of aryl methyl sites for hydroxylation is 1. The van der Waals surface area contributed by atoms with Gasteiger partial charge < -0.3 is 15.2 Å². The molecule has 3 rings (SSSR count). The van der Waals surface area contributed by atoms with Gasteiger partial charge in [-0.25, -0.2) is 9.97 Å². The van der Waals surface area contributed by atoms with E-state index in [1.54, 1.807) is 17.1 Å². The van der Waals surface area contributed by atoms with Gasteiger partial charge in [0.05, 0.1) is 25.3 Å². The number of hydrogen-bond donors (Lipinski definition) is 2. The fourth-order valence-corrected chi connectivity index (χ4v) is 2.27. The quantitative estimate of drug-likeness (QED) is 0.644. The molecule has 2 N–H and O–H groups in total. The number of aliphatic hydroxyl groups is 1. The first-order chi connectivity index (χ1) is 11.3. The minimum absolute atomic E-state index is 0.0282. The second-order valence-electron chi connectivity index (χ2n) is 5.13. The van der Waals surface area contributed by atoms with E-state index >= 15 is 0 Å². The van der Waals surface area contributed by atoms with Gasteiger partial charge in [-0.1, -0.05) is 11.6 Å². The van der Waals surface area contributed by atoms with Crippen LogP contribution in [0.1, 0.15) is 5.56 Å². The van der Waals surface area contributed by atoms with Gasteiger partial charge in [0.1, 0.15) is 12.1 Å². The summed E-state index contributed by atoms with van der Waals surface area (Å²) in [4.78, 5) is 13.2. The molecule has 3 aromatic rings. The fraction of sp³-hybridized carbons (Fsp3) is 0.312. The molecule has 0 unspecified atom stereocenters. The van der Waals surface area contributed by atoms with Gasteiger partial charge in [0.15, 0.2) is 0 Å². The third kappa shape index (κ3) is 3.64. The van der Waals surface area contributed by atoms with Crippen molar-refractivity contribution >= 4 is 16.7 Å². The Bertz CT molecular complexity index is 773. The van der Waals surface area contributed by atoms with Crippen molar-refractivity contribution < 1.29 is 9.84 Å². The summed E-state index contributed by atoms with van der Waals surface area (Å²) in [6.07, 6.45) is 5.17. The fourth-order valence-electron chi connectivity index (χ4n) is 2.27. The van der Waals surface area contributed by atoms with E-state index in [2.05, 4.69) is 26.3 Å². The predicted octanol–water partition coefficient (Wildman–Crippen LogP) is 1.54. The molecule has 120 valence electrons. The van der Waals surface area contributed by atoms with Crippen molar-refractivity contribution in [1.29, 1.82) is 0 Å². The standard InChI is InChI=1S/C16H19N5O2/c1-12-2-3-14-13(10-12)15(18-5-8-23-9-7-22)20-16(19-14)21-6-4-17-11-21/h2-4,6,10-11,22H,5,7-9H2,1H3,(H,18,19,20). The molecule has 0 atom stereocenters. The Balaban J connectivity index is 1.91. The number of ether oxygens (including phenoxy) is 1. The first-order valence-corrected chi connectivity index (χ1v) is 7.47. The number of imidazole rings is 1. The van der Waals surface area contributed by atoms with E-state index in [1.165, 1.54) is 0 Å². The lowest BCUT2D eigenvalue weighted by Crippen LogP contribution is -2.13. The molecular formula is C16H19N5O2. The minimum atomic E-state index is 0.0282. The highest BCUT2D eigenvalue weighted by Crippen LogP contribution is 2.22. The molecule has 1 aromatic carbocycles. The summed E-state index contributed by atoms with van der Waals surface area (Å²) in [5.41, 5.74) is 2.02. The number of anilines is 1. The highest BCUT2D eigenvalue weighted by atomic mass is 16.5. The summed E-state index contributed by atoms with van der Waals surface area (Å²) >= 11 is 0. The van der Waals surface area contributed by atoms with Gasteiger partial charge in [-0.15, -0.1) is 0 Å². The molecule has 0 aliphatic heterocycles. The normalized spacial score (nSPS) is 11.0. The Morgan fingerprint density at radius 1 is 1.26 bits per heavy atom. The number of benzene rings is 1. The van der Waals surface area contributed by atoms with Gasteiger partial charge >= 0.3 is 0 Å². The van der Waals surface area contributed by atoms with E-state index in [9.17, 15) is 0 Å². The SMILES string of the molecule is Cc1ccc2nc(-n3ccnc3)nc(NCCOCCO)c2c1. The summed E-state index contributed by atoms with van der Waals surface area (Å²) in [7, 11) is 0.